The summed E-state index contributed by atoms with van der Waals surface area (Å²) in [5.41, 5.74) is 2.41. The highest BCUT2D eigenvalue weighted by Crippen LogP contribution is 2.71. The fourth-order valence-electron chi connectivity index (χ4n) is 4.83. The summed E-state index contributed by atoms with van der Waals surface area (Å²) in [6, 6.07) is 31.1. The van der Waals surface area contributed by atoms with Crippen LogP contribution in [0.2, 0.25) is 0 Å². The minimum absolute atomic E-state index is 0.0486. The van der Waals surface area contributed by atoms with Crippen molar-refractivity contribution < 1.29 is 4.57 Å². The Labute approximate surface area is 179 Å². The highest BCUT2D eigenvalue weighted by molar-refractivity contribution is 7.73. The normalized spacial score (nSPS) is 28.2. The van der Waals surface area contributed by atoms with Crippen LogP contribution in [0.1, 0.15) is 24.1 Å². The van der Waals surface area contributed by atoms with Crippen molar-refractivity contribution in [3.8, 4) is 0 Å². The van der Waals surface area contributed by atoms with Crippen LogP contribution in [0.15, 0.2) is 115 Å². The van der Waals surface area contributed by atoms with Crippen LogP contribution in [0.5, 0.6) is 0 Å². The molecule has 0 amide bonds. The molecule has 4 atom stereocenters. The molecule has 2 nitrogen and oxygen atoms in total. The number of hydrogen-bond acceptors (Lipinski definition) is 1. The summed E-state index contributed by atoms with van der Waals surface area (Å²) < 4.78 is 17.4. The van der Waals surface area contributed by atoms with E-state index in [0.717, 1.165) is 10.6 Å². The molecule has 1 aliphatic carbocycles. The zero-order chi connectivity index (χ0) is 20.6. The van der Waals surface area contributed by atoms with Crippen molar-refractivity contribution in [1.29, 1.82) is 0 Å². The van der Waals surface area contributed by atoms with Gasteiger partial charge in [-0.15, -0.1) is 0 Å². The fourth-order valence-corrected chi connectivity index (χ4v) is 8.36. The Kier molecular flexibility index (Phi) is 5.06. The molecule has 150 valence electrons. The topological polar surface area (TPSA) is 20.3 Å². The van der Waals surface area contributed by atoms with Gasteiger partial charge in [0, 0.05) is 23.1 Å². The summed E-state index contributed by atoms with van der Waals surface area (Å²) in [5.74, 6) is 0.416. The SMILES string of the molecule is C[C@@H]1C=C[C@H]2C(=C1)[P@](=O)(c1ccccc1)N(Cc1ccccc1)[C@@H]2c1ccccc1. The summed E-state index contributed by atoms with van der Waals surface area (Å²) in [4.78, 5) is 0. The van der Waals surface area contributed by atoms with Crippen molar-refractivity contribution in [2.45, 2.75) is 19.5 Å². The average Bonchev–Trinajstić information content (AvgIpc) is 3.04. The molecule has 2 aliphatic rings. The summed E-state index contributed by atoms with van der Waals surface area (Å²) in [6.07, 6.45) is 6.79. The van der Waals surface area contributed by atoms with Crippen LogP contribution in [-0.4, -0.2) is 4.67 Å². The standard InChI is InChI=1S/C27H26NOP/c1-21-17-18-25-26(19-21)30(29,24-15-9-4-10-16-24)28(20-22-11-5-2-6-12-22)27(25)23-13-7-3-8-14-23/h2-19,21,25,27H,20H2,1H3/t21-,25+,27-,30-/m1/s1. The van der Waals surface area contributed by atoms with Crippen molar-refractivity contribution in [3.05, 3.63) is 126 Å². The lowest BCUT2D eigenvalue weighted by Crippen LogP contribution is -2.25. The van der Waals surface area contributed by atoms with Gasteiger partial charge in [0.05, 0.1) is 6.04 Å². The summed E-state index contributed by atoms with van der Waals surface area (Å²) in [5, 5.41) is 2.02. The van der Waals surface area contributed by atoms with Crippen LogP contribution >= 0.6 is 7.29 Å². The van der Waals surface area contributed by atoms with Crippen molar-refractivity contribution in [1.82, 2.24) is 4.67 Å². The lowest BCUT2D eigenvalue weighted by Gasteiger charge is -2.31. The van der Waals surface area contributed by atoms with E-state index in [4.69, 9.17) is 0 Å². The number of allylic oxidation sites excluding steroid dienone is 2. The Bertz CT molecular complexity index is 1120. The predicted molar refractivity (Wildman–Crippen MR) is 125 cm³/mol. The van der Waals surface area contributed by atoms with Gasteiger partial charge in [-0.2, -0.15) is 0 Å². The summed E-state index contributed by atoms with van der Waals surface area (Å²) in [6.45, 7) is 2.83. The van der Waals surface area contributed by atoms with E-state index in [2.05, 4.69) is 78.4 Å². The monoisotopic (exact) mass is 411 g/mol. The molecule has 1 aliphatic heterocycles. The third kappa shape index (κ3) is 3.21. The molecule has 0 spiro atoms. The third-order valence-electron chi connectivity index (χ3n) is 6.20. The summed E-state index contributed by atoms with van der Waals surface area (Å²) in [7, 11) is -2.95. The van der Waals surface area contributed by atoms with Crippen molar-refractivity contribution in [2.24, 2.45) is 11.8 Å². The Morgan fingerprint density at radius 1 is 0.800 bits per heavy atom. The Morgan fingerprint density at radius 2 is 1.40 bits per heavy atom. The minimum Gasteiger partial charge on any atom is -0.297 e. The lowest BCUT2D eigenvalue weighted by molar-refractivity contribution is 0.314. The van der Waals surface area contributed by atoms with Gasteiger partial charge in [-0.1, -0.05) is 104 Å². The first-order valence-electron chi connectivity index (χ1n) is 10.6. The van der Waals surface area contributed by atoms with Gasteiger partial charge in [-0.05, 0) is 29.2 Å². The second-order valence-corrected chi connectivity index (χ2v) is 10.9. The Hall–Kier alpha value is -2.67. The van der Waals surface area contributed by atoms with Gasteiger partial charge in [-0.25, -0.2) is 4.67 Å². The van der Waals surface area contributed by atoms with Crippen LogP contribution in [0, 0.1) is 11.8 Å². The molecule has 5 rings (SSSR count). The molecule has 1 saturated heterocycles. The molecule has 30 heavy (non-hydrogen) atoms. The highest BCUT2D eigenvalue weighted by Gasteiger charge is 2.53. The van der Waals surface area contributed by atoms with Gasteiger partial charge >= 0.3 is 0 Å². The van der Waals surface area contributed by atoms with E-state index >= 15 is 4.57 Å². The molecule has 1 heterocycles. The van der Waals surface area contributed by atoms with E-state index in [9.17, 15) is 0 Å². The Balaban J connectivity index is 1.73. The number of fused-ring (bicyclic) bond motifs is 1. The molecular formula is C27H26NOP. The summed E-state index contributed by atoms with van der Waals surface area (Å²) >= 11 is 0. The maximum atomic E-state index is 15.1. The van der Waals surface area contributed by atoms with Crippen LogP contribution < -0.4 is 5.30 Å². The Morgan fingerprint density at radius 3 is 2.07 bits per heavy atom. The number of benzene rings is 3. The van der Waals surface area contributed by atoms with E-state index in [0.29, 0.717) is 12.5 Å². The maximum absolute atomic E-state index is 15.1. The first kappa shape index (κ1) is 19.3. The number of nitrogens with zero attached hydrogens (tertiary/aromatic N) is 1. The second kappa shape index (κ2) is 7.87. The predicted octanol–water partition coefficient (Wildman–Crippen LogP) is 6.55. The quantitative estimate of drug-likeness (QED) is 0.358. The highest BCUT2D eigenvalue weighted by atomic mass is 31.2. The van der Waals surface area contributed by atoms with Gasteiger partial charge in [0.1, 0.15) is 0 Å². The van der Waals surface area contributed by atoms with Gasteiger partial charge < -0.3 is 0 Å². The van der Waals surface area contributed by atoms with Crippen LogP contribution in [-0.2, 0) is 11.1 Å². The van der Waals surface area contributed by atoms with Gasteiger partial charge in [-0.3, -0.25) is 4.57 Å². The van der Waals surface area contributed by atoms with E-state index in [-0.39, 0.29) is 12.0 Å². The molecule has 3 aromatic rings. The first-order valence-corrected chi connectivity index (χ1v) is 12.3. The molecule has 0 saturated carbocycles. The average molecular weight is 411 g/mol. The zero-order valence-electron chi connectivity index (χ0n) is 17.1. The van der Waals surface area contributed by atoms with Crippen LogP contribution in [0.4, 0.5) is 0 Å². The zero-order valence-corrected chi connectivity index (χ0v) is 18.0. The van der Waals surface area contributed by atoms with Crippen molar-refractivity contribution >= 4 is 12.6 Å². The lowest BCUT2D eigenvalue weighted by atomic mass is 9.87. The molecule has 0 bridgehead atoms. The molecule has 0 aromatic heterocycles. The molecular weight excluding hydrogens is 385 g/mol. The van der Waals surface area contributed by atoms with E-state index in [1.165, 1.54) is 11.1 Å². The first-order chi connectivity index (χ1) is 14.7. The smallest absolute Gasteiger partial charge is 0.204 e. The van der Waals surface area contributed by atoms with Crippen LogP contribution in [0.3, 0.4) is 0 Å². The molecule has 0 N–H and O–H groups in total. The molecule has 0 radical (unpaired) electrons. The van der Waals surface area contributed by atoms with Gasteiger partial charge in [0.2, 0.25) is 7.29 Å². The number of hydrogen-bond donors (Lipinski definition) is 0. The second-order valence-electron chi connectivity index (χ2n) is 8.21. The molecule has 1 fully saturated rings. The minimum atomic E-state index is -2.95. The van der Waals surface area contributed by atoms with Crippen molar-refractivity contribution in [3.63, 3.8) is 0 Å². The fraction of sp³-hybridized carbons (Fsp3) is 0.185. The van der Waals surface area contributed by atoms with E-state index in [1.54, 1.807) is 0 Å². The molecule has 3 heteroatoms. The third-order valence-corrected chi connectivity index (χ3v) is 9.46. The molecule has 3 aromatic carbocycles. The molecule has 0 unspecified atom stereocenters. The maximum Gasteiger partial charge on any atom is 0.204 e. The number of rotatable bonds is 4. The van der Waals surface area contributed by atoms with Gasteiger partial charge in [0.25, 0.3) is 0 Å². The van der Waals surface area contributed by atoms with Crippen LogP contribution in [0.25, 0.3) is 0 Å². The van der Waals surface area contributed by atoms with E-state index < -0.39 is 7.29 Å². The van der Waals surface area contributed by atoms with E-state index in [1.807, 2.05) is 42.5 Å². The largest absolute Gasteiger partial charge is 0.297 e. The van der Waals surface area contributed by atoms with Crippen molar-refractivity contribution in [2.75, 3.05) is 0 Å². The van der Waals surface area contributed by atoms with Gasteiger partial charge in [0.15, 0.2) is 0 Å².